The van der Waals surface area contributed by atoms with E-state index in [2.05, 4.69) is 31.4 Å². The zero-order valence-corrected chi connectivity index (χ0v) is 20.3. The highest BCUT2D eigenvalue weighted by Gasteiger charge is 2.30. The number of carboxylic acids is 1. The maximum Gasteiger partial charge on any atom is 0.407 e. The molecule has 2 unspecified atom stereocenters. The van der Waals surface area contributed by atoms with Gasteiger partial charge in [0.2, 0.25) is 5.91 Å². The lowest BCUT2D eigenvalue weighted by atomic mass is 9.89. The molecule has 0 fully saturated rings. The van der Waals surface area contributed by atoms with Crippen LogP contribution in [0.15, 0.2) is 48.5 Å². The van der Waals surface area contributed by atoms with Crippen LogP contribution in [0.25, 0.3) is 11.1 Å². The zero-order chi connectivity index (χ0) is 24.9. The summed E-state index contributed by atoms with van der Waals surface area (Å²) in [6.45, 7) is 8.31. The third kappa shape index (κ3) is 6.59. The van der Waals surface area contributed by atoms with Gasteiger partial charge >= 0.3 is 12.1 Å². The van der Waals surface area contributed by atoms with Crippen molar-refractivity contribution in [3.8, 4) is 11.1 Å². The SMILES string of the molecule is CC(CCC(C)(C)C)NC(=O)C(CC(=O)O)NC(=O)OCC1c2ccccc2-c2ccccc21. The molecule has 1 aliphatic carbocycles. The fraction of sp³-hybridized carbons (Fsp3) is 0.444. The number of carbonyl (C=O) groups excluding carboxylic acids is 2. The first-order chi connectivity index (χ1) is 16.0. The van der Waals surface area contributed by atoms with Gasteiger partial charge in [-0.3, -0.25) is 9.59 Å². The van der Waals surface area contributed by atoms with Gasteiger partial charge in [0.25, 0.3) is 0 Å². The second kappa shape index (κ2) is 10.7. The van der Waals surface area contributed by atoms with Gasteiger partial charge in [0.15, 0.2) is 0 Å². The van der Waals surface area contributed by atoms with Crippen molar-refractivity contribution in [2.24, 2.45) is 5.41 Å². The molecule has 3 rings (SSSR count). The predicted molar refractivity (Wildman–Crippen MR) is 131 cm³/mol. The monoisotopic (exact) mass is 466 g/mol. The summed E-state index contributed by atoms with van der Waals surface area (Å²) < 4.78 is 5.48. The largest absolute Gasteiger partial charge is 0.481 e. The lowest BCUT2D eigenvalue weighted by Crippen LogP contribution is -2.50. The molecule has 0 saturated heterocycles. The number of amides is 2. The molecule has 2 atom stereocenters. The number of benzene rings is 2. The Morgan fingerprint density at radius 1 is 0.971 bits per heavy atom. The summed E-state index contributed by atoms with van der Waals surface area (Å²) >= 11 is 0. The number of nitrogens with one attached hydrogen (secondary N) is 2. The van der Waals surface area contributed by atoms with E-state index in [-0.39, 0.29) is 24.0 Å². The number of hydrogen-bond donors (Lipinski definition) is 3. The van der Waals surface area contributed by atoms with Gasteiger partial charge in [-0.15, -0.1) is 0 Å². The fourth-order valence-corrected chi connectivity index (χ4v) is 4.23. The maximum absolute atomic E-state index is 12.7. The molecule has 2 amide bonds. The van der Waals surface area contributed by atoms with Crippen LogP contribution in [0.1, 0.15) is 64.0 Å². The van der Waals surface area contributed by atoms with Gasteiger partial charge in [0.05, 0.1) is 6.42 Å². The number of fused-ring (bicyclic) bond motifs is 3. The number of aliphatic carboxylic acids is 1. The third-order valence-corrected chi connectivity index (χ3v) is 6.05. The Morgan fingerprint density at radius 3 is 2.06 bits per heavy atom. The van der Waals surface area contributed by atoms with Gasteiger partial charge in [-0.25, -0.2) is 4.79 Å². The molecule has 182 valence electrons. The highest BCUT2D eigenvalue weighted by atomic mass is 16.5. The van der Waals surface area contributed by atoms with E-state index in [0.29, 0.717) is 0 Å². The van der Waals surface area contributed by atoms with Crippen LogP contribution < -0.4 is 10.6 Å². The van der Waals surface area contributed by atoms with Crippen LogP contribution in [0.5, 0.6) is 0 Å². The van der Waals surface area contributed by atoms with Crippen molar-refractivity contribution in [3.63, 3.8) is 0 Å². The summed E-state index contributed by atoms with van der Waals surface area (Å²) in [6.07, 6.45) is 0.311. The molecular formula is C27H34N2O5. The first-order valence-corrected chi connectivity index (χ1v) is 11.7. The van der Waals surface area contributed by atoms with Crippen LogP contribution in [0.3, 0.4) is 0 Å². The summed E-state index contributed by atoms with van der Waals surface area (Å²) in [6, 6.07) is 14.6. The van der Waals surface area contributed by atoms with Crippen molar-refractivity contribution in [3.05, 3.63) is 59.7 Å². The van der Waals surface area contributed by atoms with E-state index in [1.165, 1.54) is 0 Å². The molecule has 0 saturated carbocycles. The van der Waals surface area contributed by atoms with Gasteiger partial charge in [-0.05, 0) is 47.4 Å². The molecule has 34 heavy (non-hydrogen) atoms. The average Bonchev–Trinajstić information content (AvgIpc) is 3.09. The number of ether oxygens (including phenoxy) is 1. The van der Waals surface area contributed by atoms with Crippen LogP contribution in [-0.4, -0.2) is 41.8 Å². The molecule has 2 aromatic carbocycles. The van der Waals surface area contributed by atoms with Gasteiger partial charge in [-0.2, -0.15) is 0 Å². The molecule has 0 spiro atoms. The van der Waals surface area contributed by atoms with E-state index in [1.54, 1.807) is 0 Å². The number of carboxylic acid groups (broad SMARTS) is 1. The third-order valence-electron chi connectivity index (χ3n) is 6.05. The number of rotatable bonds is 9. The van der Waals surface area contributed by atoms with Crippen molar-refractivity contribution < 1.29 is 24.2 Å². The van der Waals surface area contributed by atoms with Crippen molar-refractivity contribution in [2.45, 2.75) is 65.0 Å². The molecule has 3 N–H and O–H groups in total. The van der Waals surface area contributed by atoms with E-state index in [4.69, 9.17) is 4.74 Å². The first-order valence-electron chi connectivity index (χ1n) is 11.7. The molecule has 0 radical (unpaired) electrons. The Kier molecular flexibility index (Phi) is 7.97. The molecule has 7 heteroatoms. The molecule has 2 aromatic rings. The van der Waals surface area contributed by atoms with Crippen LogP contribution in [0, 0.1) is 5.41 Å². The minimum atomic E-state index is -1.22. The van der Waals surface area contributed by atoms with E-state index in [1.807, 2.05) is 55.5 Å². The molecule has 0 aromatic heterocycles. The van der Waals surface area contributed by atoms with Gasteiger partial charge < -0.3 is 20.5 Å². The van der Waals surface area contributed by atoms with E-state index in [0.717, 1.165) is 35.1 Å². The Balaban J connectivity index is 1.61. The minimum absolute atomic E-state index is 0.0866. The lowest BCUT2D eigenvalue weighted by Gasteiger charge is -2.24. The fourth-order valence-electron chi connectivity index (χ4n) is 4.23. The van der Waals surface area contributed by atoms with Crippen LogP contribution >= 0.6 is 0 Å². The van der Waals surface area contributed by atoms with Gasteiger partial charge in [0.1, 0.15) is 12.6 Å². The maximum atomic E-state index is 12.7. The van der Waals surface area contributed by atoms with Crippen LogP contribution in [-0.2, 0) is 14.3 Å². The molecular weight excluding hydrogens is 432 g/mol. The normalized spacial score (nSPS) is 14.5. The van der Waals surface area contributed by atoms with Crippen molar-refractivity contribution in [2.75, 3.05) is 6.61 Å². The Bertz CT molecular complexity index is 998. The Morgan fingerprint density at radius 2 is 1.53 bits per heavy atom. The summed E-state index contributed by atoms with van der Waals surface area (Å²) in [5, 5.41) is 14.5. The van der Waals surface area contributed by atoms with Gasteiger partial charge in [-0.1, -0.05) is 69.3 Å². The topological polar surface area (TPSA) is 105 Å². The van der Waals surface area contributed by atoms with Crippen molar-refractivity contribution >= 4 is 18.0 Å². The highest BCUT2D eigenvalue weighted by Crippen LogP contribution is 2.44. The molecule has 0 heterocycles. The molecule has 1 aliphatic rings. The smallest absolute Gasteiger partial charge is 0.407 e. The highest BCUT2D eigenvalue weighted by molar-refractivity contribution is 5.89. The summed E-state index contributed by atoms with van der Waals surface area (Å²) in [7, 11) is 0. The first kappa shape index (κ1) is 25.3. The molecule has 0 aliphatic heterocycles. The second-order valence-corrected chi connectivity index (χ2v) is 10.1. The molecule has 0 bridgehead atoms. The summed E-state index contributed by atoms with van der Waals surface area (Å²) in [5.74, 6) is -1.83. The summed E-state index contributed by atoms with van der Waals surface area (Å²) in [5.41, 5.74) is 4.49. The number of alkyl carbamates (subject to hydrolysis) is 1. The van der Waals surface area contributed by atoms with E-state index in [9.17, 15) is 19.5 Å². The van der Waals surface area contributed by atoms with Gasteiger partial charge in [0, 0.05) is 12.0 Å². The van der Waals surface area contributed by atoms with Crippen LogP contribution in [0.4, 0.5) is 4.79 Å². The zero-order valence-electron chi connectivity index (χ0n) is 20.3. The summed E-state index contributed by atoms with van der Waals surface area (Å²) in [4.78, 5) is 36.6. The lowest BCUT2D eigenvalue weighted by molar-refractivity contribution is -0.140. The second-order valence-electron chi connectivity index (χ2n) is 10.1. The van der Waals surface area contributed by atoms with E-state index >= 15 is 0 Å². The Hall–Kier alpha value is -3.35. The number of carbonyl (C=O) groups is 3. The quantitative estimate of drug-likeness (QED) is 0.497. The van der Waals surface area contributed by atoms with Crippen LogP contribution in [0.2, 0.25) is 0 Å². The minimum Gasteiger partial charge on any atom is -0.481 e. The standard InChI is InChI=1S/C27H34N2O5/c1-17(13-14-27(2,3)4)28-25(32)23(15-24(30)31)29-26(33)34-16-22-20-11-7-5-9-18(20)19-10-6-8-12-21(19)22/h5-12,17,22-23H,13-16H2,1-4H3,(H,28,32)(H,29,33)(H,30,31). The number of hydrogen-bond acceptors (Lipinski definition) is 4. The Labute approximate surface area is 200 Å². The van der Waals surface area contributed by atoms with Crippen molar-refractivity contribution in [1.82, 2.24) is 10.6 Å². The average molecular weight is 467 g/mol. The van der Waals surface area contributed by atoms with Crippen molar-refractivity contribution in [1.29, 1.82) is 0 Å². The molecule has 7 nitrogen and oxygen atoms in total. The predicted octanol–water partition coefficient (Wildman–Crippen LogP) is 4.70. The van der Waals surface area contributed by atoms with E-state index < -0.39 is 30.4 Å².